The quantitative estimate of drug-likeness (QED) is 0.884. The fourth-order valence-corrected chi connectivity index (χ4v) is 1.93. The van der Waals surface area contributed by atoms with E-state index >= 15 is 0 Å². The van der Waals surface area contributed by atoms with Crippen molar-refractivity contribution in [2.45, 2.75) is 6.61 Å². The van der Waals surface area contributed by atoms with Crippen molar-refractivity contribution in [3.8, 4) is 11.5 Å². The largest absolute Gasteiger partial charge is 0.378 e. The Hall–Kier alpha value is -1.05. The molecule has 0 atom stereocenters. The number of hydrogen-bond donors (Lipinski definition) is 1. The molecule has 0 radical (unpaired) electrons. The molecule has 7 heteroatoms. The number of H-pyrrole nitrogens is 1. The van der Waals surface area contributed by atoms with Gasteiger partial charge in [-0.15, -0.1) is 0 Å². The Labute approximate surface area is 112 Å². The highest BCUT2D eigenvalue weighted by Gasteiger charge is 2.09. The van der Waals surface area contributed by atoms with Gasteiger partial charge in [-0.2, -0.15) is 5.10 Å². The molecule has 2 aromatic rings. The molecule has 0 aliphatic carbocycles. The highest BCUT2D eigenvalue weighted by atomic mass is 79.9. The van der Waals surface area contributed by atoms with Gasteiger partial charge in [0.25, 0.3) is 0 Å². The topological polar surface area (TPSA) is 55.7 Å². The van der Waals surface area contributed by atoms with Crippen LogP contribution in [0.15, 0.2) is 16.7 Å². The van der Waals surface area contributed by atoms with Gasteiger partial charge >= 0.3 is 0 Å². The number of nitrogens with zero attached hydrogens (tertiary/aromatic N) is 3. The average Bonchev–Trinajstić information content (AvgIpc) is 2.71. The smallest absolute Gasteiger partial charge is 0.159 e. The minimum absolute atomic E-state index is 0.437. The van der Waals surface area contributed by atoms with E-state index in [0.717, 1.165) is 15.9 Å². The normalized spacial score (nSPS) is 10.8. The Morgan fingerprint density at radius 3 is 2.94 bits per heavy atom. The van der Waals surface area contributed by atoms with Crippen LogP contribution in [0.1, 0.15) is 5.69 Å². The maximum Gasteiger partial charge on any atom is 0.159 e. The van der Waals surface area contributed by atoms with Gasteiger partial charge < -0.3 is 9.72 Å². The number of aromatic amines is 1. The summed E-state index contributed by atoms with van der Waals surface area (Å²) < 4.78 is 8.07. The standard InChI is InChI=1S/C10H11BrN4OS/c1-15-4-3-6(14-15)9-12-7(5-16-2)8(11)10(17)13-9/h3-4H,5H2,1-2H3,(H,12,13,17). The molecule has 0 aliphatic rings. The molecule has 0 bridgehead atoms. The molecular weight excluding hydrogens is 304 g/mol. The summed E-state index contributed by atoms with van der Waals surface area (Å²) in [6, 6.07) is 1.87. The van der Waals surface area contributed by atoms with Crippen molar-refractivity contribution in [1.82, 2.24) is 19.7 Å². The first kappa shape index (κ1) is 12.4. The van der Waals surface area contributed by atoms with Gasteiger partial charge in [0.05, 0.1) is 16.8 Å². The Kier molecular flexibility index (Phi) is 3.70. The predicted octanol–water partition coefficient (Wildman–Crippen LogP) is 2.45. The molecule has 17 heavy (non-hydrogen) atoms. The van der Waals surface area contributed by atoms with Crippen LogP contribution in [0.25, 0.3) is 11.5 Å². The lowest BCUT2D eigenvalue weighted by Gasteiger charge is -2.06. The molecule has 0 amide bonds. The molecule has 0 aliphatic heterocycles. The lowest BCUT2D eigenvalue weighted by Crippen LogP contribution is -2.00. The third kappa shape index (κ3) is 2.62. The fourth-order valence-electron chi connectivity index (χ4n) is 1.41. The molecule has 0 unspecified atom stereocenters. The molecule has 1 N–H and O–H groups in total. The van der Waals surface area contributed by atoms with Gasteiger partial charge in [-0.3, -0.25) is 4.68 Å². The number of hydrogen-bond acceptors (Lipinski definition) is 4. The summed E-state index contributed by atoms with van der Waals surface area (Å²) in [4.78, 5) is 7.44. The number of rotatable bonds is 3. The van der Waals surface area contributed by atoms with Crippen LogP contribution < -0.4 is 0 Å². The second kappa shape index (κ2) is 5.07. The molecule has 2 rings (SSSR count). The maximum atomic E-state index is 5.18. The number of halogens is 1. The Bertz CT molecular complexity index is 592. The number of methoxy groups -OCH3 is 1. The van der Waals surface area contributed by atoms with E-state index in [0.29, 0.717) is 17.1 Å². The van der Waals surface area contributed by atoms with Gasteiger partial charge in [0.2, 0.25) is 0 Å². The summed E-state index contributed by atoms with van der Waals surface area (Å²) in [5, 5.41) is 4.27. The summed E-state index contributed by atoms with van der Waals surface area (Å²) in [7, 11) is 3.48. The first-order valence-corrected chi connectivity index (χ1v) is 6.09. The fraction of sp³-hybridized carbons (Fsp3) is 0.300. The zero-order chi connectivity index (χ0) is 12.4. The molecule has 2 heterocycles. The van der Waals surface area contributed by atoms with Gasteiger partial charge in [-0.1, -0.05) is 12.2 Å². The first-order chi connectivity index (χ1) is 8.11. The third-order valence-electron chi connectivity index (χ3n) is 2.18. The molecule has 0 spiro atoms. The van der Waals surface area contributed by atoms with Crippen molar-refractivity contribution in [1.29, 1.82) is 0 Å². The zero-order valence-corrected chi connectivity index (χ0v) is 11.8. The SMILES string of the molecule is COCc1[nH]c(-c2ccn(C)n2)nc(=S)c1Br. The molecule has 0 aromatic carbocycles. The minimum Gasteiger partial charge on any atom is -0.378 e. The lowest BCUT2D eigenvalue weighted by molar-refractivity contribution is 0.181. The van der Waals surface area contributed by atoms with Crippen LogP contribution in [0.2, 0.25) is 0 Å². The number of aryl methyl sites for hydroxylation is 1. The van der Waals surface area contributed by atoms with Crippen LogP contribution in [0.4, 0.5) is 0 Å². The zero-order valence-electron chi connectivity index (χ0n) is 9.40. The van der Waals surface area contributed by atoms with Crippen LogP contribution in [0, 0.1) is 4.64 Å². The minimum atomic E-state index is 0.437. The van der Waals surface area contributed by atoms with E-state index in [1.54, 1.807) is 11.8 Å². The first-order valence-electron chi connectivity index (χ1n) is 4.89. The van der Waals surface area contributed by atoms with Gasteiger partial charge in [-0.25, -0.2) is 4.98 Å². The Balaban J connectivity index is 2.52. The monoisotopic (exact) mass is 314 g/mol. The van der Waals surface area contributed by atoms with Gasteiger partial charge in [0, 0.05) is 20.4 Å². The molecule has 5 nitrogen and oxygen atoms in total. The van der Waals surface area contributed by atoms with Crippen LogP contribution in [0.3, 0.4) is 0 Å². The number of ether oxygens (including phenoxy) is 1. The van der Waals surface area contributed by atoms with Crippen molar-refractivity contribution < 1.29 is 4.74 Å². The van der Waals surface area contributed by atoms with Crippen LogP contribution in [-0.4, -0.2) is 26.9 Å². The Morgan fingerprint density at radius 1 is 1.59 bits per heavy atom. The summed E-state index contributed by atoms with van der Waals surface area (Å²) in [5.41, 5.74) is 1.61. The van der Waals surface area contributed by atoms with E-state index in [-0.39, 0.29) is 0 Å². The maximum absolute atomic E-state index is 5.18. The molecule has 0 fully saturated rings. The van der Waals surface area contributed by atoms with Gasteiger partial charge in [0.15, 0.2) is 5.82 Å². The van der Waals surface area contributed by atoms with Crippen molar-refractivity contribution >= 4 is 28.1 Å². The van der Waals surface area contributed by atoms with E-state index in [1.165, 1.54) is 0 Å². The number of nitrogens with one attached hydrogen (secondary N) is 1. The van der Waals surface area contributed by atoms with Crippen molar-refractivity contribution in [2.24, 2.45) is 7.05 Å². The van der Waals surface area contributed by atoms with E-state index in [9.17, 15) is 0 Å². The van der Waals surface area contributed by atoms with E-state index in [2.05, 4.69) is 31.0 Å². The lowest BCUT2D eigenvalue weighted by atomic mass is 10.3. The van der Waals surface area contributed by atoms with Crippen LogP contribution >= 0.6 is 28.1 Å². The van der Waals surface area contributed by atoms with E-state index in [4.69, 9.17) is 17.0 Å². The van der Waals surface area contributed by atoms with E-state index < -0.39 is 0 Å². The molecule has 0 saturated carbocycles. The average molecular weight is 315 g/mol. The Morgan fingerprint density at radius 2 is 2.35 bits per heavy atom. The van der Waals surface area contributed by atoms with Crippen molar-refractivity contribution in [3.63, 3.8) is 0 Å². The molecular formula is C10H11BrN4OS. The van der Waals surface area contributed by atoms with Crippen molar-refractivity contribution in [2.75, 3.05) is 7.11 Å². The molecule has 0 saturated heterocycles. The summed E-state index contributed by atoms with van der Waals surface area (Å²) >= 11 is 8.57. The predicted molar refractivity (Wildman–Crippen MR) is 70.0 cm³/mol. The van der Waals surface area contributed by atoms with E-state index in [1.807, 2.05) is 19.3 Å². The highest BCUT2D eigenvalue weighted by Crippen LogP contribution is 2.20. The second-order valence-electron chi connectivity index (χ2n) is 3.49. The highest BCUT2D eigenvalue weighted by molar-refractivity contribution is 9.10. The van der Waals surface area contributed by atoms with Gasteiger partial charge in [-0.05, 0) is 22.0 Å². The third-order valence-corrected chi connectivity index (χ3v) is 3.59. The van der Waals surface area contributed by atoms with Gasteiger partial charge in [0.1, 0.15) is 10.3 Å². The number of aromatic nitrogens is 4. The molecule has 2 aromatic heterocycles. The summed E-state index contributed by atoms with van der Waals surface area (Å²) in [5.74, 6) is 0.644. The second-order valence-corrected chi connectivity index (χ2v) is 4.67. The molecule has 90 valence electrons. The van der Waals surface area contributed by atoms with Crippen LogP contribution in [-0.2, 0) is 18.4 Å². The summed E-state index contributed by atoms with van der Waals surface area (Å²) in [6.45, 7) is 0.437. The summed E-state index contributed by atoms with van der Waals surface area (Å²) in [6.07, 6.45) is 1.85. The van der Waals surface area contributed by atoms with Crippen molar-refractivity contribution in [3.05, 3.63) is 27.1 Å². The van der Waals surface area contributed by atoms with Crippen LogP contribution in [0.5, 0.6) is 0 Å².